The van der Waals surface area contributed by atoms with Crippen LogP contribution in [0.3, 0.4) is 0 Å². The molecular weight excluding hydrogens is 392 g/mol. The van der Waals surface area contributed by atoms with Crippen molar-refractivity contribution < 1.29 is 9.53 Å². The summed E-state index contributed by atoms with van der Waals surface area (Å²) in [5.74, 6) is 1.51. The lowest BCUT2D eigenvalue weighted by Gasteiger charge is -2.20. The second-order valence-electron chi connectivity index (χ2n) is 5.33. The molecule has 0 spiro atoms. The number of hydrogen-bond donors (Lipinski definition) is 0. The number of pyridine rings is 1. The lowest BCUT2D eigenvalue weighted by Crippen LogP contribution is -2.31. The second kappa shape index (κ2) is 9.04. The van der Waals surface area contributed by atoms with E-state index in [1.807, 2.05) is 38.1 Å². The van der Waals surface area contributed by atoms with Crippen molar-refractivity contribution in [1.82, 2.24) is 4.98 Å². The van der Waals surface area contributed by atoms with Crippen LogP contribution in [0.5, 0.6) is 5.75 Å². The standard InChI is InChI=1S/C18H20BrClN2O2/c1-3-22(17-9-6-14(19)12-21-17)18(23)5-4-10-24-16-8-7-15(20)11-13(16)2/h6-9,11-12H,3-5,10H2,1-2H3. The molecule has 0 bridgehead atoms. The van der Waals surface area contributed by atoms with Crippen LogP contribution >= 0.6 is 27.5 Å². The molecule has 128 valence electrons. The molecule has 0 aliphatic heterocycles. The molecule has 24 heavy (non-hydrogen) atoms. The van der Waals surface area contributed by atoms with Crippen LogP contribution in [0.4, 0.5) is 5.82 Å². The minimum Gasteiger partial charge on any atom is -0.493 e. The second-order valence-corrected chi connectivity index (χ2v) is 6.69. The maximum Gasteiger partial charge on any atom is 0.228 e. The molecule has 4 nitrogen and oxygen atoms in total. The molecule has 2 rings (SSSR count). The van der Waals surface area contributed by atoms with E-state index in [-0.39, 0.29) is 5.91 Å². The predicted molar refractivity (Wildman–Crippen MR) is 101 cm³/mol. The van der Waals surface area contributed by atoms with Gasteiger partial charge in [-0.25, -0.2) is 4.98 Å². The number of aryl methyl sites for hydroxylation is 1. The van der Waals surface area contributed by atoms with Crippen LogP contribution < -0.4 is 9.64 Å². The molecule has 0 atom stereocenters. The molecule has 1 amide bonds. The van der Waals surface area contributed by atoms with E-state index in [4.69, 9.17) is 16.3 Å². The minimum absolute atomic E-state index is 0.0451. The van der Waals surface area contributed by atoms with Crippen molar-refractivity contribution in [3.63, 3.8) is 0 Å². The van der Waals surface area contributed by atoms with Crippen LogP contribution in [-0.2, 0) is 4.79 Å². The van der Waals surface area contributed by atoms with Crippen LogP contribution in [0.25, 0.3) is 0 Å². The van der Waals surface area contributed by atoms with Gasteiger partial charge in [-0.1, -0.05) is 11.6 Å². The highest BCUT2D eigenvalue weighted by Crippen LogP contribution is 2.22. The average Bonchev–Trinajstić information content (AvgIpc) is 2.55. The van der Waals surface area contributed by atoms with Gasteiger partial charge in [0, 0.05) is 28.7 Å². The number of carbonyl (C=O) groups excluding carboxylic acids is 1. The van der Waals surface area contributed by atoms with E-state index >= 15 is 0 Å². The van der Waals surface area contributed by atoms with Gasteiger partial charge in [-0.15, -0.1) is 0 Å². The molecule has 1 heterocycles. The highest BCUT2D eigenvalue weighted by molar-refractivity contribution is 9.10. The number of hydrogen-bond acceptors (Lipinski definition) is 3. The lowest BCUT2D eigenvalue weighted by molar-refractivity contribution is -0.118. The van der Waals surface area contributed by atoms with Gasteiger partial charge in [-0.3, -0.25) is 9.69 Å². The molecule has 1 aromatic carbocycles. The molecule has 0 fully saturated rings. The smallest absolute Gasteiger partial charge is 0.228 e. The quantitative estimate of drug-likeness (QED) is 0.601. The zero-order valence-electron chi connectivity index (χ0n) is 13.8. The summed E-state index contributed by atoms with van der Waals surface area (Å²) in [5.41, 5.74) is 0.989. The normalized spacial score (nSPS) is 10.5. The van der Waals surface area contributed by atoms with Crippen LogP contribution in [0.15, 0.2) is 41.0 Å². The monoisotopic (exact) mass is 410 g/mol. The molecule has 0 saturated heterocycles. The molecule has 0 aliphatic carbocycles. The Morgan fingerprint density at radius 2 is 2.12 bits per heavy atom. The highest BCUT2D eigenvalue weighted by Gasteiger charge is 2.14. The topological polar surface area (TPSA) is 42.4 Å². The van der Waals surface area contributed by atoms with E-state index in [1.54, 1.807) is 17.2 Å². The molecule has 0 radical (unpaired) electrons. The Labute approximate surface area is 155 Å². The maximum atomic E-state index is 12.4. The molecule has 1 aromatic heterocycles. The van der Waals surface area contributed by atoms with E-state index in [1.165, 1.54) is 0 Å². The number of carbonyl (C=O) groups is 1. The van der Waals surface area contributed by atoms with Crippen LogP contribution in [0.2, 0.25) is 5.02 Å². The third-order valence-corrected chi connectivity index (χ3v) is 4.24. The number of ether oxygens (including phenoxy) is 1. The number of benzene rings is 1. The van der Waals surface area contributed by atoms with Gasteiger partial charge in [0.1, 0.15) is 11.6 Å². The summed E-state index contributed by atoms with van der Waals surface area (Å²) in [5, 5.41) is 0.690. The third-order valence-electron chi connectivity index (χ3n) is 3.54. The summed E-state index contributed by atoms with van der Waals surface area (Å²) < 4.78 is 6.62. The van der Waals surface area contributed by atoms with Crippen molar-refractivity contribution in [2.75, 3.05) is 18.1 Å². The van der Waals surface area contributed by atoms with Gasteiger partial charge in [0.05, 0.1) is 6.61 Å². The first-order chi connectivity index (χ1) is 11.5. The first-order valence-electron chi connectivity index (χ1n) is 7.82. The fourth-order valence-electron chi connectivity index (χ4n) is 2.31. The van der Waals surface area contributed by atoms with Gasteiger partial charge < -0.3 is 4.74 Å². The number of rotatable bonds is 7. The van der Waals surface area contributed by atoms with Crippen LogP contribution in [-0.4, -0.2) is 24.0 Å². The van der Waals surface area contributed by atoms with Crippen molar-refractivity contribution in [2.24, 2.45) is 0 Å². The maximum absolute atomic E-state index is 12.4. The van der Waals surface area contributed by atoms with Crippen molar-refractivity contribution in [1.29, 1.82) is 0 Å². The van der Waals surface area contributed by atoms with Gasteiger partial charge >= 0.3 is 0 Å². The fourth-order valence-corrected chi connectivity index (χ4v) is 2.77. The number of aromatic nitrogens is 1. The largest absolute Gasteiger partial charge is 0.493 e. The molecule has 0 aliphatic rings. The van der Waals surface area contributed by atoms with E-state index < -0.39 is 0 Å². The summed E-state index contributed by atoms with van der Waals surface area (Å²) >= 11 is 9.27. The summed E-state index contributed by atoms with van der Waals surface area (Å²) in [4.78, 5) is 18.3. The SMILES string of the molecule is CCN(C(=O)CCCOc1ccc(Cl)cc1C)c1ccc(Br)cn1. The number of amides is 1. The fraction of sp³-hybridized carbons (Fsp3) is 0.333. The summed E-state index contributed by atoms with van der Waals surface area (Å²) in [7, 11) is 0. The number of anilines is 1. The van der Waals surface area contributed by atoms with Crippen LogP contribution in [0, 0.1) is 6.92 Å². The van der Waals surface area contributed by atoms with Gasteiger partial charge in [-0.05, 0) is 72.1 Å². The zero-order chi connectivity index (χ0) is 17.5. The lowest BCUT2D eigenvalue weighted by atomic mass is 10.2. The van der Waals surface area contributed by atoms with E-state index in [2.05, 4.69) is 20.9 Å². The molecule has 0 N–H and O–H groups in total. The van der Waals surface area contributed by atoms with E-state index in [0.29, 0.717) is 36.8 Å². The summed E-state index contributed by atoms with van der Waals surface area (Å²) in [6.45, 7) is 4.96. The number of nitrogens with zero attached hydrogens (tertiary/aromatic N) is 2. The molecular formula is C18H20BrClN2O2. The third kappa shape index (κ3) is 5.21. The Kier molecular flexibility index (Phi) is 7.06. The first kappa shape index (κ1) is 18.7. The molecule has 2 aromatic rings. The molecule has 6 heteroatoms. The van der Waals surface area contributed by atoms with E-state index in [9.17, 15) is 4.79 Å². The summed E-state index contributed by atoms with van der Waals surface area (Å²) in [6, 6.07) is 9.22. The van der Waals surface area contributed by atoms with Crippen molar-refractivity contribution in [3.8, 4) is 5.75 Å². The van der Waals surface area contributed by atoms with Crippen molar-refractivity contribution in [2.45, 2.75) is 26.7 Å². The Morgan fingerprint density at radius 1 is 1.33 bits per heavy atom. The highest BCUT2D eigenvalue weighted by atomic mass is 79.9. The van der Waals surface area contributed by atoms with Crippen molar-refractivity contribution in [3.05, 3.63) is 51.6 Å². The first-order valence-corrected chi connectivity index (χ1v) is 8.99. The summed E-state index contributed by atoms with van der Waals surface area (Å²) in [6.07, 6.45) is 2.75. The van der Waals surface area contributed by atoms with Gasteiger partial charge in [0.2, 0.25) is 5.91 Å². The van der Waals surface area contributed by atoms with Gasteiger partial charge in [0.15, 0.2) is 0 Å². The Morgan fingerprint density at radius 3 is 2.75 bits per heavy atom. The van der Waals surface area contributed by atoms with E-state index in [0.717, 1.165) is 15.8 Å². The van der Waals surface area contributed by atoms with Crippen LogP contribution in [0.1, 0.15) is 25.3 Å². The molecule has 0 saturated carbocycles. The number of halogens is 2. The van der Waals surface area contributed by atoms with Crippen molar-refractivity contribution >= 4 is 39.3 Å². The predicted octanol–water partition coefficient (Wildman–Crippen LogP) is 5.02. The Hall–Kier alpha value is -1.59. The Balaban J connectivity index is 1.84. The minimum atomic E-state index is 0.0451. The van der Waals surface area contributed by atoms with Gasteiger partial charge in [-0.2, -0.15) is 0 Å². The zero-order valence-corrected chi connectivity index (χ0v) is 16.1. The Bertz CT molecular complexity index is 692. The van der Waals surface area contributed by atoms with Gasteiger partial charge in [0.25, 0.3) is 0 Å². The average molecular weight is 412 g/mol. The molecule has 0 unspecified atom stereocenters.